The highest BCUT2D eigenvalue weighted by Gasteiger charge is 2.11. The molecule has 2 aromatic heterocycles. The van der Waals surface area contributed by atoms with Gasteiger partial charge in [0, 0.05) is 50.3 Å². The SMILES string of the molecule is CN(Cc1cccnc1)CC(N)c1cnn(C)c1. The van der Waals surface area contributed by atoms with Gasteiger partial charge in [0.15, 0.2) is 0 Å². The lowest BCUT2D eigenvalue weighted by Crippen LogP contribution is -2.28. The third kappa shape index (κ3) is 3.38. The van der Waals surface area contributed by atoms with E-state index in [0.29, 0.717) is 0 Å². The van der Waals surface area contributed by atoms with Crippen molar-refractivity contribution < 1.29 is 0 Å². The van der Waals surface area contributed by atoms with Crippen LogP contribution in [0.3, 0.4) is 0 Å². The van der Waals surface area contributed by atoms with Crippen LogP contribution in [0.5, 0.6) is 0 Å². The van der Waals surface area contributed by atoms with Crippen molar-refractivity contribution in [2.24, 2.45) is 12.8 Å². The summed E-state index contributed by atoms with van der Waals surface area (Å²) in [6, 6.07) is 4.00. The van der Waals surface area contributed by atoms with Crippen LogP contribution in [0.15, 0.2) is 36.9 Å². The average molecular weight is 245 g/mol. The molecule has 1 atom stereocenters. The number of likely N-dealkylation sites (N-methyl/N-ethyl adjacent to an activating group) is 1. The van der Waals surface area contributed by atoms with Crippen molar-refractivity contribution >= 4 is 0 Å². The first-order valence-corrected chi connectivity index (χ1v) is 5.96. The van der Waals surface area contributed by atoms with Gasteiger partial charge in [-0.15, -0.1) is 0 Å². The van der Waals surface area contributed by atoms with Crippen molar-refractivity contribution in [3.63, 3.8) is 0 Å². The molecule has 5 heteroatoms. The molecule has 2 aromatic rings. The zero-order valence-electron chi connectivity index (χ0n) is 10.8. The summed E-state index contributed by atoms with van der Waals surface area (Å²) >= 11 is 0. The molecule has 0 saturated carbocycles. The largest absolute Gasteiger partial charge is 0.323 e. The molecular formula is C13H19N5. The fourth-order valence-electron chi connectivity index (χ4n) is 1.94. The summed E-state index contributed by atoms with van der Waals surface area (Å²) in [4.78, 5) is 6.30. The smallest absolute Gasteiger partial charge is 0.0537 e. The Balaban J connectivity index is 1.89. The number of nitrogens with two attached hydrogens (primary N) is 1. The van der Waals surface area contributed by atoms with Gasteiger partial charge in [0.2, 0.25) is 0 Å². The first-order valence-electron chi connectivity index (χ1n) is 5.96. The van der Waals surface area contributed by atoms with E-state index in [9.17, 15) is 0 Å². The number of pyridine rings is 1. The molecule has 5 nitrogen and oxygen atoms in total. The summed E-state index contributed by atoms with van der Waals surface area (Å²) in [7, 11) is 3.96. The molecule has 0 aliphatic heterocycles. The maximum Gasteiger partial charge on any atom is 0.0537 e. The monoisotopic (exact) mass is 245 g/mol. The molecule has 0 aliphatic carbocycles. The molecular weight excluding hydrogens is 226 g/mol. The average Bonchev–Trinajstić information content (AvgIpc) is 2.77. The van der Waals surface area contributed by atoms with Crippen molar-refractivity contribution in [3.05, 3.63) is 48.0 Å². The lowest BCUT2D eigenvalue weighted by molar-refractivity contribution is 0.305. The van der Waals surface area contributed by atoms with Crippen LogP contribution >= 0.6 is 0 Å². The minimum atomic E-state index is -0.0135. The molecule has 2 rings (SSSR count). The number of rotatable bonds is 5. The van der Waals surface area contributed by atoms with Gasteiger partial charge in [-0.05, 0) is 18.7 Å². The Kier molecular flexibility index (Phi) is 4.07. The summed E-state index contributed by atoms with van der Waals surface area (Å²) in [6.45, 7) is 1.64. The summed E-state index contributed by atoms with van der Waals surface area (Å²) in [6.07, 6.45) is 7.45. The molecule has 0 spiro atoms. The zero-order valence-corrected chi connectivity index (χ0v) is 10.8. The Morgan fingerprint density at radius 3 is 2.89 bits per heavy atom. The second kappa shape index (κ2) is 5.75. The van der Waals surface area contributed by atoms with Crippen LogP contribution in [-0.4, -0.2) is 33.3 Å². The van der Waals surface area contributed by atoms with Crippen LogP contribution in [0.4, 0.5) is 0 Å². The quantitative estimate of drug-likeness (QED) is 0.852. The summed E-state index contributed by atoms with van der Waals surface area (Å²) in [5.41, 5.74) is 8.41. The maximum absolute atomic E-state index is 6.15. The third-order valence-electron chi connectivity index (χ3n) is 2.84. The maximum atomic E-state index is 6.15. The van der Waals surface area contributed by atoms with Gasteiger partial charge >= 0.3 is 0 Å². The lowest BCUT2D eigenvalue weighted by Gasteiger charge is -2.20. The van der Waals surface area contributed by atoms with Crippen LogP contribution in [0.25, 0.3) is 0 Å². The number of nitrogens with zero attached hydrogens (tertiary/aromatic N) is 4. The lowest BCUT2D eigenvalue weighted by atomic mass is 10.1. The third-order valence-corrected chi connectivity index (χ3v) is 2.84. The van der Waals surface area contributed by atoms with Crippen molar-refractivity contribution in [2.75, 3.05) is 13.6 Å². The molecule has 2 heterocycles. The fraction of sp³-hybridized carbons (Fsp3) is 0.385. The topological polar surface area (TPSA) is 60.0 Å². The van der Waals surface area contributed by atoms with Gasteiger partial charge in [-0.25, -0.2) is 0 Å². The highest BCUT2D eigenvalue weighted by atomic mass is 15.2. The minimum absolute atomic E-state index is 0.0135. The van der Waals surface area contributed by atoms with E-state index in [1.54, 1.807) is 10.9 Å². The molecule has 0 saturated heterocycles. The Bertz CT molecular complexity index is 479. The minimum Gasteiger partial charge on any atom is -0.323 e. The molecule has 0 fully saturated rings. The molecule has 0 aliphatic rings. The molecule has 0 amide bonds. The summed E-state index contributed by atoms with van der Waals surface area (Å²) in [5.74, 6) is 0. The molecule has 2 N–H and O–H groups in total. The Hall–Kier alpha value is -1.72. The van der Waals surface area contributed by atoms with Gasteiger partial charge in [0.1, 0.15) is 0 Å². The van der Waals surface area contributed by atoms with Gasteiger partial charge in [0.05, 0.1) is 6.20 Å². The van der Waals surface area contributed by atoms with E-state index >= 15 is 0 Å². The van der Waals surface area contributed by atoms with E-state index in [1.165, 1.54) is 5.56 Å². The Morgan fingerprint density at radius 2 is 2.28 bits per heavy atom. The van der Waals surface area contributed by atoms with Crippen LogP contribution in [0.1, 0.15) is 17.2 Å². The molecule has 0 aromatic carbocycles. The van der Waals surface area contributed by atoms with Gasteiger partial charge < -0.3 is 10.6 Å². The predicted molar refractivity (Wildman–Crippen MR) is 70.7 cm³/mol. The first kappa shape index (κ1) is 12.7. The predicted octanol–water partition coefficient (Wildman–Crippen LogP) is 0.947. The second-order valence-corrected chi connectivity index (χ2v) is 4.61. The van der Waals surface area contributed by atoms with Crippen molar-refractivity contribution in [1.82, 2.24) is 19.7 Å². The molecule has 1 unspecified atom stereocenters. The second-order valence-electron chi connectivity index (χ2n) is 4.61. The first-order chi connectivity index (χ1) is 8.65. The van der Waals surface area contributed by atoms with E-state index < -0.39 is 0 Å². The highest BCUT2D eigenvalue weighted by molar-refractivity contribution is 5.11. The molecule has 96 valence electrons. The zero-order chi connectivity index (χ0) is 13.0. The Morgan fingerprint density at radius 1 is 1.44 bits per heavy atom. The molecule has 18 heavy (non-hydrogen) atoms. The number of aromatic nitrogens is 3. The van der Waals surface area contributed by atoms with Crippen molar-refractivity contribution in [2.45, 2.75) is 12.6 Å². The van der Waals surface area contributed by atoms with Crippen LogP contribution < -0.4 is 5.73 Å². The fourth-order valence-corrected chi connectivity index (χ4v) is 1.94. The van der Waals surface area contributed by atoms with E-state index in [2.05, 4.69) is 28.1 Å². The van der Waals surface area contributed by atoms with E-state index in [-0.39, 0.29) is 6.04 Å². The van der Waals surface area contributed by atoms with E-state index in [0.717, 1.165) is 18.7 Å². The standard InChI is InChI=1S/C13H19N5/c1-17(8-11-4-3-5-15-6-11)10-13(14)12-7-16-18(2)9-12/h3-7,9,13H,8,10,14H2,1-2H3. The molecule has 0 bridgehead atoms. The normalized spacial score (nSPS) is 12.9. The van der Waals surface area contributed by atoms with Gasteiger partial charge in [-0.2, -0.15) is 5.10 Å². The highest BCUT2D eigenvalue weighted by Crippen LogP contribution is 2.11. The van der Waals surface area contributed by atoms with Gasteiger partial charge in [-0.1, -0.05) is 6.07 Å². The van der Waals surface area contributed by atoms with E-state index in [4.69, 9.17) is 5.73 Å². The molecule has 0 radical (unpaired) electrons. The van der Waals surface area contributed by atoms with Gasteiger partial charge in [-0.3, -0.25) is 9.67 Å². The number of aryl methyl sites for hydroxylation is 1. The van der Waals surface area contributed by atoms with E-state index in [1.807, 2.05) is 31.7 Å². The number of hydrogen-bond acceptors (Lipinski definition) is 4. The summed E-state index contributed by atoms with van der Waals surface area (Å²) in [5, 5.41) is 4.14. The van der Waals surface area contributed by atoms with Crippen molar-refractivity contribution in [1.29, 1.82) is 0 Å². The van der Waals surface area contributed by atoms with Crippen molar-refractivity contribution in [3.8, 4) is 0 Å². The van der Waals surface area contributed by atoms with Gasteiger partial charge in [0.25, 0.3) is 0 Å². The number of hydrogen-bond donors (Lipinski definition) is 1. The van der Waals surface area contributed by atoms with Crippen LogP contribution in [0.2, 0.25) is 0 Å². The summed E-state index contributed by atoms with van der Waals surface area (Å²) < 4.78 is 1.77. The van der Waals surface area contributed by atoms with Crippen LogP contribution in [-0.2, 0) is 13.6 Å². The Labute approximate surface area is 107 Å². The van der Waals surface area contributed by atoms with Crippen LogP contribution in [0, 0.1) is 0 Å².